The molecule has 14 heteroatoms. The van der Waals surface area contributed by atoms with Gasteiger partial charge in [0.25, 0.3) is 0 Å². The lowest BCUT2D eigenvalue weighted by Gasteiger charge is -2.31. The average Bonchev–Trinajstić information content (AvgIpc) is 3.38. The number of nitrogens with zero attached hydrogens (tertiary/aromatic N) is 1. The summed E-state index contributed by atoms with van der Waals surface area (Å²) in [7, 11) is -1.81. The Balaban J connectivity index is 1.62. The zero-order chi connectivity index (χ0) is 31.3. The summed E-state index contributed by atoms with van der Waals surface area (Å²) in [5.74, 6) is -0.428. The molecule has 0 bridgehead atoms. The molecule has 0 aromatic carbocycles. The molecule has 0 aromatic heterocycles. The SMILES string of the molecule is CC1(C)OC2C(COP(OCCSC(=O)C(C)(C)C)OCCSC(=O)C(C)(C)C)OC(N3C=CCC(C(N)=O)=C3)C2O1. The minimum absolute atomic E-state index is 0.0760. The van der Waals surface area contributed by atoms with Crippen molar-refractivity contribution < 1.29 is 42.2 Å². The number of primary amides is 1. The lowest BCUT2D eigenvalue weighted by atomic mass is 9.99. The zero-order valence-corrected chi connectivity index (χ0v) is 28.3. The molecule has 3 aliphatic rings. The molecule has 3 heterocycles. The second-order valence-corrected chi connectivity index (χ2v) is 16.0. The molecule has 238 valence electrons. The molecule has 11 nitrogen and oxygen atoms in total. The first-order valence-corrected chi connectivity index (χ1v) is 17.0. The van der Waals surface area contributed by atoms with Crippen molar-refractivity contribution >= 4 is 48.3 Å². The lowest BCUT2D eigenvalue weighted by Crippen LogP contribution is -2.40. The van der Waals surface area contributed by atoms with Crippen LogP contribution < -0.4 is 5.73 Å². The lowest BCUT2D eigenvalue weighted by molar-refractivity contribution is -0.201. The van der Waals surface area contributed by atoms with E-state index in [0.29, 0.717) is 23.5 Å². The second kappa shape index (κ2) is 14.8. The van der Waals surface area contributed by atoms with Crippen molar-refractivity contribution in [2.75, 3.05) is 31.3 Å². The Morgan fingerprint density at radius 3 is 2.05 bits per heavy atom. The Bertz CT molecular complexity index is 1010. The van der Waals surface area contributed by atoms with Crippen molar-refractivity contribution in [3.05, 3.63) is 24.0 Å². The van der Waals surface area contributed by atoms with Gasteiger partial charge in [-0.05, 0) is 20.3 Å². The van der Waals surface area contributed by atoms with Gasteiger partial charge < -0.3 is 38.4 Å². The van der Waals surface area contributed by atoms with Gasteiger partial charge in [0.1, 0.15) is 18.3 Å². The molecule has 0 aliphatic carbocycles. The maximum absolute atomic E-state index is 12.3. The Morgan fingerprint density at radius 1 is 0.976 bits per heavy atom. The number of nitrogens with two attached hydrogens (primary N) is 1. The van der Waals surface area contributed by atoms with Crippen molar-refractivity contribution in [1.29, 1.82) is 0 Å². The summed E-state index contributed by atoms with van der Waals surface area (Å²) in [5.41, 5.74) is 5.09. The number of amides is 1. The van der Waals surface area contributed by atoms with Gasteiger partial charge in [-0.25, -0.2) is 0 Å². The maximum atomic E-state index is 12.3. The van der Waals surface area contributed by atoms with E-state index in [-0.39, 0.29) is 30.1 Å². The number of fused-ring (bicyclic) bond motifs is 1. The first kappa shape index (κ1) is 35.5. The molecule has 4 unspecified atom stereocenters. The van der Waals surface area contributed by atoms with Crippen LogP contribution in [0.1, 0.15) is 61.8 Å². The van der Waals surface area contributed by atoms with Crippen molar-refractivity contribution in [2.24, 2.45) is 16.6 Å². The molecule has 0 spiro atoms. The summed E-state index contributed by atoms with van der Waals surface area (Å²) < 4.78 is 36.6. The largest absolute Gasteiger partial charge is 0.366 e. The van der Waals surface area contributed by atoms with E-state index in [1.165, 1.54) is 23.5 Å². The number of rotatable bonds is 13. The van der Waals surface area contributed by atoms with Gasteiger partial charge in [-0.15, -0.1) is 0 Å². The monoisotopic (exact) mass is 648 g/mol. The van der Waals surface area contributed by atoms with Crippen LogP contribution in [0.3, 0.4) is 0 Å². The molecule has 2 N–H and O–H groups in total. The molecule has 0 radical (unpaired) electrons. The quantitative estimate of drug-likeness (QED) is 0.219. The fraction of sp³-hybridized carbons (Fsp3) is 0.750. The second-order valence-electron chi connectivity index (χ2n) is 12.6. The molecule has 1 amide bonds. The highest BCUT2D eigenvalue weighted by Crippen LogP contribution is 2.44. The van der Waals surface area contributed by atoms with Gasteiger partial charge in [0.15, 0.2) is 22.2 Å². The number of carbonyl (C=O) groups is 3. The fourth-order valence-corrected chi connectivity index (χ4v) is 6.89. The standard InChI is InChI=1S/C28H45N2O9PS2/c1-26(2,3)24(32)41-14-12-34-40(35-13-15-42-25(33)27(4,5)6)36-17-19-20-21(39-28(7,8)38-20)23(37-19)30-11-9-10-18(16-30)22(29)31/h9,11,16,19-21,23H,10,12-15,17H2,1-8H3,(H2,29,31). The molecule has 0 saturated carbocycles. The van der Waals surface area contributed by atoms with Crippen molar-refractivity contribution in [2.45, 2.75) is 92.1 Å². The summed E-state index contributed by atoms with van der Waals surface area (Å²) >= 11 is 2.42. The van der Waals surface area contributed by atoms with Crippen LogP contribution in [0.25, 0.3) is 0 Å². The molecule has 42 heavy (non-hydrogen) atoms. The minimum Gasteiger partial charge on any atom is -0.366 e. The van der Waals surface area contributed by atoms with Crippen LogP contribution in [-0.2, 0) is 42.2 Å². The molecular formula is C28H45N2O9PS2. The normalized spacial score (nSPS) is 25.5. The molecule has 3 rings (SSSR count). The van der Waals surface area contributed by atoms with Gasteiger partial charge in [-0.1, -0.05) is 71.1 Å². The third-order valence-corrected chi connectivity index (χ3v) is 9.89. The van der Waals surface area contributed by atoms with Crippen molar-refractivity contribution in [3.63, 3.8) is 0 Å². The first-order valence-electron chi connectivity index (χ1n) is 14.0. The molecular weight excluding hydrogens is 603 g/mol. The number of ether oxygens (including phenoxy) is 3. The van der Waals surface area contributed by atoms with E-state index in [2.05, 4.69) is 0 Å². The Hall–Kier alpha value is -1.02. The predicted molar refractivity (Wildman–Crippen MR) is 164 cm³/mol. The van der Waals surface area contributed by atoms with E-state index < -0.39 is 55.7 Å². The van der Waals surface area contributed by atoms with E-state index >= 15 is 0 Å². The third kappa shape index (κ3) is 10.3. The average molecular weight is 649 g/mol. The fourth-order valence-electron chi connectivity index (χ4n) is 4.10. The van der Waals surface area contributed by atoms with Gasteiger partial charge in [-0.3, -0.25) is 14.4 Å². The summed E-state index contributed by atoms with van der Waals surface area (Å²) in [6.07, 6.45) is 3.82. The van der Waals surface area contributed by atoms with Crippen LogP contribution in [0, 0.1) is 10.8 Å². The molecule has 4 atom stereocenters. The number of allylic oxidation sites excluding steroid dienone is 1. The van der Waals surface area contributed by atoms with Crippen molar-refractivity contribution in [1.82, 2.24) is 4.90 Å². The van der Waals surface area contributed by atoms with Crippen LogP contribution in [-0.4, -0.2) is 82.7 Å². The van der Waals surface area contributed by atoms with E-state index in [1.807, 2.05) is 67.7 Å². The summed E-state index contributed by atoms with van der Waals surface area (Å²) in [6.45, 7) is 15.5. The Kier molecular flexibility index (Phi) is 12.5. The van der Waals surface area contributed by atoms with Crippen molar-refractivity contribution in [3.8, 4) is 0 Å². The van der Waals surface area contributed by atoms with Crippen LogP contribution >= 0.6 is 32.1 Å². The van der Waals surface area contributed by atoms with Gasteiger partial charge in [0, 0.05) is 40.3 Å². The molecule has 2 fully saturated rings. The number of hydrogen-bond donors (Lipinski definition) is 1. The molecule has 3 aliphatic heterocycles. The minimum atomic E-state index is -1.81. The van der Waals surface area contributed by atoms with Gasteiger partial charge >= 0.3 is 8.60 Å². The van der Waals surface area contributed by atoms with Gasteiger partial charge in [-0.2, -0.15) is 0 Å². The predicted octanol–water partition coefficient (Wildman–Crippen LogP) is 4.71. The van der Waals surface area contributed by atoms with Gasteiger partial charge in [0.05, 0.1) is 19.8 Å². The highest BCUT2D eigenvalue weighted by atomic mass is 32.2. The maximum Gasteiger partial charge on any atom is 0.332 e. The highest BCUT2D eigenvalue weighted by Gasteiger charge is 2.56. The number of hydrogen-bond acceptors (Lipinski definition) is 12. The van der Waals surface area contributed by atoms with Crippen LogP contribution in [0.4, 0.5) is 0 Å². The van der Waals surface area contributed by atoms with Gasteiger partial charge in [0.2, 0.25) is 5.91 Å². The summed E-state index contributed by atoms with van der Waals surface area (Å²) in [4.78, 5) is 38.1. The summed E-state index contributed by atoms with van der Waals surface area (Å²) in [6, 6.07) is 0. The first-order chi connectivity index (χ1) is 19.5. The third-order valence-electron chi connectivity index (χ3n) is 6.25. The molecule has 2 saturated heterocycles. The number of carbonyl (C=O) groups excluding carboxylic acids is 3. The summed E-state index contributed by atoms with van der Waals surface area (Å²) in [5, 5.41) is 0.152. The van der Waals surface area contributed by atoms with E-state index in [4.69, 9.17) is 33.5 Å². The van der Waals surface area contributed by atoms with E-state index in [9.17, 15) is 14.4 Å². The highest BCUT2D eigenvalue weighted by molar-refractivity contribution is 8.14. The van der Waals surface area contributed by atoms with Crippen LogP contribution in [0.2, 0.25) is 0 Å². The van der Waals surface area contributed by atoms with Crippen LogP contribution in [0.15, 0.2) is 24.0 Å². The smallest absolute Gasteiger partial charge is 0.332 e. The van der Waals surface area contributed by atoms with E-state index in [0.717, 1.165) is 0 Å². The zero-order valence-electron chi connectivity index (χ0n) is 25.7. The van der Waals surface area contributed by atoms with Crippen LogP contribution in [0.5, 0.6) is 0 Å². The Labute approximate surface area is 258 Å². The topological polar surface area (TPSA) is 136 Å². The van der Waals surface area contributed by atoms with E-state index in [1.54, 1.807) is 11.1 Å². The number of thioether (sulfide) groups is 2. The molecule has 0 aromatic rings. The Morgan fingerprint density at radius 2 is 1.52 bits per heavy atom.